The van der Waals surface area contributed by atoms with Crippen molar-refractivity contribution >= 4 is 18.0 Å². The molecular weight excluding hydrogens is 436 g/mol. The Morgan fingerprint density at radius 2 is 1.76 bits per heavy atom. The Kier molecular flexibility index (Phi) is 7.27. The SMILES string of the molecule is C/C(=C\CNC(=O)OCC1c2ccccc2-c2ccccc21)C(=O)N1CCOCC(C(=O)O)C1. The second-order valence-corrected chi connectivity index (χ2v) is 8.45. The van der Waals surface area contributed by atoms with E-state index in [2.05, 4.69) is 29.6 Å². The highest BCUT2D eigenvalue weighted by Gasteiger charge is 2.29. The maximum Gasteiger partial charge on any atom is 0.407 e. The number of fused-ring (bicyclic) bond motifs is 3. The van der Waals surface area contributed by atoms with Crippen LogP contribution in [-0.2, 0) is 19.1 Å². The normalized spacial score (nSPS) is 18.0. The fourth-order valence-corrected chi connectivity index (χ4v) is 4.42. The van der Waals surface area contributed by atoms with Crippen molar-refractivity contribution < 1.29 is 29.0 Å². The first-order valence-corrected chi connectivity index (χ1v) is 11.3. The zero-order valence-electron chi connectivity index (χ0n) is 19.0. The molecule has 8 nitrogen and oxygen atoms in total. The molecule has 2 aliphatic rings. The number of alkyl carbamates (subject to hydrolysis) is 1. The van der Waals surface area contributed by atoms with Crippen molar-refractivity contribution in [2.24, 2.45) is 5.92 Å². The van der Waals surface area contributed by atoms with Gasteiger partial charge in [-0.15, -0.1) is 0 Å². The van der Waals surface area contributed by atoms with E-state index in [-0.39, 0.29) is 38.1 Å². The molecule has 1 aliphatic carbocycles. The van der Waals surface area contributed by atoms with Crippen LogP contribution in [0.5, 0.6) is 0 Å². The number of aliphatic carboxylic acids is 1. The van der Waals surface area contributed by atoms with Crippen LogP contribution in [0.15, 0.2) is 60.2 Å². The van der Waals surface area contributed by atoms with Gasteiger partial charge in [-0.2, -0.15) is 0 Å². The average molecular weight is 465 g/mol. The third-order valence-electron chi connectivity index (χ3n) is 6.24. The Morgan fingerprint density at radius 3 is 2.41 bits per heavy atom. The summed E-state index contributed by atoms with van der Waals surface area (Å²) in [7, 11) is 0. The number of carboxylic acids is 1. The summed E-state index contributed by atoms with van der Waals surface area (Å²) in [4.78, 5) is 37.8. The van der Waals surface area contributed by atoms with Crippen LogP contribution in [-0.4, -0.2) is 67.4 Å². The molecule has 4 rings (SSSR count). The fraction of sp³-hybridized carbons (Fsp3) is 0.346. The third kappa shape index (κ3) is 5.12. The quantitative estimate of drug-likeness (QED) is 0.637. The molecule has 0 bridgehead atoms. The van der Waals surface area contributed by atoms with Gasteiger partial charge in [-0.05, 0) is 29.2 Å². The summed E-state index contributed by atoms with van der Waals surface area (Å²) in [5.74, 6) is -2.04. The summed E-state index contributed by atoms with van der Waals surface area (Å²) in [6.45, 7) is 2.79. The van der Waals surface area contributed by atoms with E-state index < -0.39 is 18.0 Å². The van der Waals surface area contributed by atoms with Gasteiger partial charge >= 0.3 is 12.1 Å². The highest BCUT2D eigenvalue weighted by atomic mass is 16.5. The predicted molar refractivity (Wildman–Crippen MR) is 125 cm³/mol. The van der Waals surface area contributed by atoms with E-state index in [0.717, 1.165) is 22.3 Å². The fourth-order valence-electron chi connectivity index (χ4n) is 4.42. The largest absolute Gasteiger partial charge is 0.481 e. The highest BCUT2D eigenvalue weighted by molar-refractivity contribution is 5.93. The zero-order valence-corrected chi connectivity index (χ0v) is 19.0. The molecule has 0 aromatic heterocycles. The van der Waals surface area contributed by atoms with Crippen LogP contribution in [0.3, 0.4) is 0 Å². The van der Waals surface area contributed by atoms with Gasteiger partial charge in [0.2, 0.25) is 5.91 Å². The van der Waals surface area contributed by atoms with E-state index in [1.165, 1.54) is 4.90 Å². The molecule has 2 aromatic carbocycles. The Bertz CT molecular complexity index is 1070. The van der Waals surface area contributed by atoms with Crippen molar-refractivity contribution in [3.63, 3.8) is 0 Å². The number of amides is 2. The second kappa shape index (κ2) is 10.5. The standard InChI is InChI=1S/C26H28N2O6/c1-17(24(29)28-12-13-33-15-18(14-28)25(30)31)10-11-27-26(32)34-16-23-21-8-4-2-6-19(21)20-7-3-5-9-22(20)23/h2-10,18,23H,11-16H2,1H3,(H,27,32)(H,30,31)/b17-10+. The number of nitrogens with one attached hydrogen (secondary N) is 1. The molecule has 0 saturated carbocycles. The first-order valence-electron chi connectivity index (χ1n) is 11.3. The van der Waals surface area contributed by atoms with Crippen molar-refractivity contribution in [2.75, 3.05) is 39.5 Å². The van der Waals surface area contributed by atoms with E-state index in [1.54, 1.807) is 13.0 Å². The zero-order chi connectivity index (χ0) is 24.1. The smallest absolute Gasteiger partial charge is 0.407 e. The van der Waals surface area contributed by atoms with Crippen molar-refractivity contribution in [3.05, 3.63) is 71.3 Å². The van der Waals surface area contributed by atoms with Crippen molar-refractivity contribution in [1.82, 2.24) is 10.2 Å². The molecule has 2 N–H and O–H groups in total. The molecule has 0 radical (unpaired) electrons. The number of hydrogen-bond donors (Lipinski definition) is 2. The van der Waals surface area contributed by atoms with E-state index in [0.29, 0.717) is 18.7 Å². The van der Waals surface area contributed by atoms with Gasteiger partial charge in [-0.25, -0.2) is 4.79 Å². The van der Waals surface area contributed by atoms with Crippen LogP contribution in [0.25, 0.3) is 11.1 Å². The number of hydrogen-bond acceptors (Lipinski definition) is 5. The molecule has 1 unspecified atom stereocenters. The summed E-state index contributed by atoms with van der Waals surface area (Å²) in [5, 5.41) is 11.9. The molecule has 0 spiro atoms. The lowest BCUT2D eigenvalue weighted by molar-refractivity contribution is -0.144. The molecule has 1 aliphatic heterocycles. The van der Waals surface area contributed by atoms with Gasteiger partial charge in [-0.3, -0.25) is 9.59 Å². The van der Waals surface area contributed by atoms with Crippen LogP contribution in [0.4, 0.5) is 4.79 Å². The van der Waals surface area contributed by atoms with Gasteiger partial charge < -0.3 is 24.8 Å². The molecule has 1 atom stereocenters. The van der Waals surface area contributed by atoms with Crippen LogP contribution < -0.4 is 5.32 Å². The molecular formula is C26H28N2O6. The summed E-state index contributed by atoms with van der Waals surface area (Å²) < 4.78 is 10.8. The summed E-state index contributed by atoms with van der Waals surface area (Å²) >= 11 is 0. The Balaban J connectivity index is 1.30. The van der Waals surface area contributed by atoms with E-state index >= 15 is 0 Å². The van der Waals surface area contributed by atoms with Crippen LogP contribution >= 0.6 is 0 Å². The molecule has 34 heavy (non-hydrogen) atoms. The van der Waals surface area contributed by atoms with Gasteiger partial charge in [0.15, 0.2) is 0 Å². The Hall–Kier alpha value is -3.65. The first kappa shape index (κ1) is 23.5. The number of benzene rings is 2. The lowest BCUT2D eigenvalue weighted by Gasteiger charge is -2.22. The number of carboxylic acid groups (broad SMARTS) is 1. The number of carbonyl (C=O) groups is 3. The third-order valence-corrected chi connectivity index (χ3v) is 6.24. The topological polar surface area (TPSA) is 105 Å². The predicted octanol–water partition coefficient (Wildman–Crippen LogP) is 3.03. The molecule has 1 heterocycles. The van der Waals surface area contributed by atoms with E-state index in [4.69, 9.17) is 9.47 Å². The molecule has 1 fully saturated rings. The van der Waals surface area contributed by atoms with Crippen molar-refractivity contribution in [2.45, 2.75) is 12.8 Å². The summed E-state index contributed by atoms with van der Waals surface area (Å²) in [6.07, 6.45) is 1.04. The molecule has 2 aromatic rings. The van der Waals surface area contributed by atoms with Gasteiger partial charge in [0, 0.05) is 31.1 Å². The van der Waals surface area contributed by atoms with Crippen LogP contribution in [0.1, 0.15) is 24.0 Å². The van der Waals surface area contributed by atoms with Gasteiger partial charge in [0.25, 0.3) is 0 Å². The maximum absolute atomic E-state index is 12.7. The van der Waals surface area contributed by atoms with Gasteiger partial charge in [-0.1, -0.05) is 54.6 Å². The Morgan fingerprint density at radius 1 is 1.12 bits per heavy atom. The summed E-state index contributed by atoms with van der Waals surface area (Å²) in [5.41, 5.74) is 5.02. The molecule has 1 saturated heterocycles. The number of carbonyl (C=O) groups excluding carboxylic acids is 2. The molecule has 8 heteroatoms. The number of rotatable bonds is 6. The van der Waals surface area contributed by atoms with E-state index in [1.807, 2.05) is 24.3 Å². The lowest BCUT2D eigenvalue weighted by Crippen LogP contribution is -2.38. The second-order valence-electron chi connectivity index (χ2n) is 8.45. The first-order chi connectivity index (χ1) is 16.5. The Labute approximate surface area is 198 Å². The number of ether oxygens (including phenoxy) is 2. The monoisotopic (exact) mass is 464 g/mol. The van der Waals surface area contributed by atoms with Crippen molar-refractivity contribution in [3.8, 4) is 11.1 Å². The van der Waals surface area contributed by atoms with Crippen molar-refractivity contribution in [1.29, 1.82) is 0 Å². The minimum Gasteiger partial charge on any atom is -0.481 e. The van der Waals surface area contributed by atoms with Gasteiger partial charge in [0.05, 0.1) is 19.1 Å². The highest BCUT2D eigenvalue weighted by Crippen LogP contribution is 2.44. The van der Waals surface area contributed by atoms with Gasteiger partial charge in [0.1, 0.15) is 6.61 Å². The molecule has 178 valence electrons. The molecule has 2 amide bonds. The minimum atomic E-state index is -0.988. The minimum absolute atomic E-state index is 0.0237. The van der Waals surface area contributed by atoms with Crippen LogP contribution in [0, 0.1) is 5.92 Å². The maximum atomic E-state index is 12.7. The number of nitrogens with zero attached hydrogens (tertiary/aromatic N) is 1. The lowest BCUT2D eigenvalue weighted by atomic mass is 9.98. The van der Waals surface area contributed by atoms with Crippen LogP contribution in [0.2, 0.25) is 0 Å². The average Bonchev–Trinajstić information content (AvgIpc) is 2.97. The van der Waals surface area contributed by atoms with E-state index in [9.17, 15) is 19.5 Å². The summed E-state index contributed by atoms with van der Waals surface area (Å²) in [6, 6.07) is 16.2.